The van der Waals surface area contributed by atoms with Gasteiger partial charge in [0.15, 0.2) is 5.16 Å². The van der Waals surface area contributed by atoms with E-state index in [1.165, 1.54) is 0 Å². The van der Waals surface area contributed by atoms with Gasteiger partial charge in [-0.05, 0) is 24.6 Å². The Morgan fingerprint density at radius 1 is 1.41 bits per heavy atom. The lowest BCUT2D eigenvalue weighted by molar-refractivity contribution is 0.765. The summed E-state index contributed by atoms with van der Waals surface area (Å²) >= 11 is 11.2. The van der Waals surface area contributed by atoms with Crippen LogP contribution in [-0.4, -0.2) is 14.8 Å². The minimum Gasteiger partial charge on any atom is -0.309 e. The van der Waals surface area contributed by atoms with Crippen LogP contribution in [0.2, 0.25) is 5.02 Å². The van der Waals surface area contributed by atoms with Crippen LogP contribution in [0.3, 0.4) is 0 Å². The summed E-state index contributed by atoms with van der Waals surface area (Å²) < 4.78 is 2.96. The summed E-state index contributed by atoms with van der Waals surface area (Å²) in [4.78, 5) is 0. The van der Waals surface area contributed by atoms with Crippen molar-refractivity contribution in [1.29, 1.82) is 0 Å². The topological polar surface area (TPSA) is 30.7 Å². The molecule has 0 saturated heterocycles. The summed E-state index contributed by atoms with van der Waals surface area (Å²) in [6, 6.07) is 5.91. The number of rotatable bonds is 3. The fourth-order valence-corrected chi connectivity index (χ4v) is 3.07. The Kier molecular flexibility index (Phi) is 4.12. The van der Waals surface area contributed by atoms with Gasteiger partial charge in [0.1, 0.15) is 5.82 Å². The maximum Gasteiger partial charge on any atom is 0.191 e. The highest BCUT2D eigenvalue weighted by Crippen LogP contribution is 2.27. The maximum absolute atomic E-state index is 6.15. The van der Waals surface area contributed by atoms with Gasteiger partial charge in [-0.3, -0.25) is 0 Å². The Morgan fingerprint density at radius 3 is 2.76 bits per heavy atom. The Balaban J connectivity index is 2.10. The zero-order valence-corrected chi connectivity index (χ0v) is 12.6. The normalized spacial score (nSPS) is 10.8. The SMILES string of the molecule is Cc1nnc(SCc2ccc(Br)cc2Cl)n1C. The van der Waals surface area contributed by atoms with Crippen LogP contribution in [0.1, 0.15) is 11.4 Å². The monoisotopic (exact) mass is 331 g/mol. The molecule has 0 fully saturated rings. The highest BCUT2D eigenvalue weighted by atomic mass is 79.9. The van der Waals surface area contributed by atoms with E-state index in [4.69, 9.17) is 11.6 Å². The van der Waals surface area contributed by atoms with Crippen LogP contribution in [0.25, 0.3) is 0 Å². The number of benzene rings is 1. The Bertz CT molecular complexity index is 542. The lowest BCUT2D eigenvalue weighted by Gasteiger charge is -2.04. The molecular weight excluding hydrogens is 322 g/mol. The molecular formula is C11H11BrClN3S. The molecule has 2 aromatic rings. The van der Waals surface area contributed by atoms with Crippen molar-refractivity contribution in [3.05, 3.63) is 39.1 Å². The number of nitrogens with zero attached hydrogens (tertiary/aromatic N) is 3. The number of halogens is 2. The summed E-state index contributed by atoms with van der Waals surface area (Å²) in [5.74, 6) is 1.70. The molecule has 17 heavy (non-hydrogen) atoms. The van der Waals surface area contributed by atoms with Crippen molar-refractivity contribution < 1.29 is 0 Å². The zero-order valence-electron chi connectivity index (χ0n) is 9.44. The summed E-state index contributed by atoms with van der Waals surface area (Å²) in [5, 5.41) is 9.79. The molecule has 0 aliphatic carbocycles. The van der Waals surface area contributed by atoms with E-state index in [2.05, 4.69) is 26.1 Å². The van der Waals surface area contributed by atoms with E-state index in [1.54, 1.807) is 11.8 Å². The van der Waals surface area contributed by atoms with Crippen LogP contribution in [-0.2, 0) is 12.8 Å². The average molecular weight is 333 g/mol. The van der Waals surface area contributed by atoms with Crippen LogP contribution < -0.4 is 0 Å². The third kappa shape index (κ3) is 3.03. The number of hydrogen-bond acceptors (Lipinski definition) is 3. The van der Waals surface area contributed by atoms with E-state index in [0.717, 1.165) is 31.8 Å². The van der Waals surface area contributed by atoms with Gasteiger partial charge < -0.3 is 4.57 Å². The molecule has 0 radical (unpaired) electrons. The first-order valence-electron chi connectivity index (χ1n) is 5.00. The third-order valence-corrected chi connectivity index (χ3v) is 4.34. The van der Waals surface area contributed by atoms with Gasteiger partial charge in [-0.1, -0.05) is 45.4 Å². The fraction of sp³-hybridized carbons (Fsp3) is 0.273. The molecule has 0 amide bonds. The van der Waals surface area contributed by atoms with Gasteiger partial charge in [0.2, 0.25) is 0 Å². The minimum absolute atomic E-state index is 0.769. The Hall–Kier alpha value is -0.520. The fourth-order valence-electron chi connectivity index (χ4n) is 1.29. The Labute approximate surface area is 118 Å². The van der Waals surface area contributed by atoms with Gasteiger partial charge in [0.25, 0.3) is 0 Å². The first-order valence-corrected chi connectivity index (χ1v) is 7.16. The van der Waals surface area contributed by atoms with Crippen LogP contribution >= 0.6 is 39.3 Å². The van der Waals surface area contributed by atoms with E-state index in [9.17, 15) is 0 Å². The molecule has 1 aromatic carbocycles. The lowest BCUT2D eigenvalue weighted by atomic mass is 10.2. The number of aromatic nitrogens is 3. The molecule has 0 bridgehead atoms. The summed E-state index contributed by atoms with van der Waals surface area (Å²) in [7, 11) is 1.96. The standard InChI is InChI=1S/C11H11BrClN3S/c1-7-14-15-11(16(7)2)17-6-8-3-4-9(12)5-10(8)13/h3-5H,6H2,1-2H3. The second kappa shape index (κ2) is 5.42. The molecule has 1 heterocycles. The summed E-state index contributed by atoms with van der Waals surface area (Å²) in [6.07, 6.45) is 0. The molecule has 3 nitrogen and oxygen atoms in total. The van der Waals surface area contributed by atoms with Crippen molar-refractivity contribution in [2.75, 3.05) is 0 Å². The molecule has 2 rings (SSSR count). The molecule has 1 aromatic heterocycles. The van der Waals surface area contributed by atoms with E-state index in [0.29, 0.717) is 0 Å². The average Bonchev–Trinajstić information content (AvgIpc) is 2.59. The first kappa shape index (κ1) is 12.9. The molecule has 0 atom stereocenters. The molecule has 0 unspecified atom stereocenters. The quantitative estimate of drug-likeness (QED) is 0.800. The van der Waals surface area contributed by atoms with Gasteiger partial charge in [-0.25, -0.2) is 0 Å². The van der Waals surface area contributed by atoms with E-state index < -0.39 is 0 Å². The summed E-state index contributed by atoms with van der Waals surface area (Å²) in [5.41, 5.74) is 1.10. The van der Waals surface area contributed by atoms with Crippen LogP contribution in [0.15, 0.2) is 27.8 Å². The summed E-state index contributed by atoms with van der Waals surface area (Å²) in [6.45, 7) is 1.93. The maximum atomic E-state index is 6.15. The van der Waals surface area contributed by atoms with Crippen molar-refractivity contribution in [3.63, 3.8) is 0 Å². The van der Waals surface area contributed by atoms with Crippen molar-refractivity contribution in [2.45, 2.75) is 17.8 Å². The van der Waals surface area contributed by atoms with Crippen LogP contribution in [0.4, 0.5) is 0 Å². The molecule has 90 valence electrons. The molecule has 6 heteroatoms. The third-order valence-electron chi connectivity index (χ3n) is 2.42. The lowest BCUT2D eigenvalue weighted by Crippen LogP contribution is -1.94. The first-order chi connectivity index (χ1) is 8.08. The van der Waals surface area contributed by atoms with Gasteiger partial charge in [0, 0.05) is 22.3 Å². The van der Waals surface area contributed by atoms with E-state index >= 15 is 0 Å². The highest BCUT2D eigenvalue weighted by Gasteiger charge is 2.07. The van der Waals surface area contributed by atoms with Gasteiger partial charge in [-0.2, -0.15) is 0 Å². The van der Waals surface area contributed by atoms with Gasteiger partial charge >= 0.3 is 0 Å². The van der Waals surface area contributed by atoms with E-state index in [1.807, 2.05) is 36.7 Å². The minimum atomic E-state index is 0.769. The van der Waals surface area contributed by atoms with Crippen LogP contribution in [0.5, 0.6) is 0 Å². The highest BCUT2D eigenvalue weighted by molar-refractivity contribution is 9.10. The molecule has 0 spiro atoms. The smallest absolute Gasteiger partial charge is 0.191 e. The second-order valence-electron chi connectivity index (χ2n) is 3.61. The van der Waals surface area contributed by atoms with Gasteiger partial charge in [-0.15, -0.1) is 10.2 Å². The van der Waals surface area contributed by atoms with Crippen molar-refractivity contribution in [1.82, 2.24) is 14.8 Å². The second-order valence-corrected chi connectivity index (χ2v) is 5.88. The van der Waals surface area contributed by atoms with Crippen molar-refractivity contribution >= 4 is 39.3 Å². The number of aryl methyl sites for hydroxylation is 1. The van der Waals surface area contributed by atoms with Crippen LogP contribution in [0, 0.1) is 6.92 Å². The van der Waals surface area contributed by atoms with Gasteiger partial charge in [0.05, 0.1) is 0 Å². The number of hydrogen-bond donors (Lipinski definition) is 0. The largest absolute Gasteiger partial charge is 0.309 e. The van der Waals surface area contributed by atoms with E-state index in [-0.39, 0.29) is 0 Å². The predicted molar refractivity (Wildman–Crippen MR) is 74.5 cm³/mol. The zero-order chi connectivity index (χ0) is 12.4. The van der Waals surface area contributed by atoms with Crippen molar-refractivity contribution in [3.8, 4) is 0 Å². The molecule has 0 N–H and O–H groups in total. The molecule has 0 aliphatic rings. The number of thioether (sulfide) groups is 1. The van der Waals surface area contributed by atoms with Crippen molar-refractivity contribution in [2.24, 2.45) is 7.05 Å². The predicted octanol–water partition coefficient (Wildman–Crippen LogP) is 3.83. The molecule has 0 aliphatic heterocycles. The molecule has 0 saturated carbocycles. The Morgan fingerprint density at radius 2 is 2.18 bits per heavy atom.